The van der Waals surface area contributed by atoms with Gasteiger partial charge in [0, 0.05) is 31.7 Å². The molecule has 1 fully saturated rings. The quantitative estimate of drug-likeness (QED) is 0.412. The highest BCUT2D eigenvalue weighted by atomic mass is 16.3. The van der Waals surface area contributed by atoms with E-state index in [9.17, 15) is 14.7 Å². The number of hydrogen-bond acceptors (Lipinski definition) is 5. The number of amides is 1. The van der Waals surface area contributed by atoms with Crippen LogP contribution < -0.4 is 0 Å². The number of aromatic nitrogens is 3. The minimum atomic E-state index is -0.703. The van der Waals surface area contributed by atoms with E-state index in [1.165, 1.54) is 4.90 Å². The molecule has 1 aromatic carbocycles. The van der Waals surface area contributed by atoms with E-state index in [1.807, 2.05) is 43.3 Å². The van der Waals surface area contributed by atoms with E-state index in [0.717, 1.165) is 16.8 Å². The summed E-state index contributed by atoms with van der Waals surface area (Å²) in [5.41, 5.74) is 3.43. The van der Waals surface area contributed by atoms with Crippen LogP contribution in [0.2, 0.25) is 0 Å². The van der Waals surface area contributed by atoms with E-state index in [1.54, 1.807) is 37.1 Å². The Bertz CT molecular complexity index is 1150. The molecule has 0 spiro atoms. The first-order chi connectivity index (χ1) is 14.4. The lowest BCUT2D eigenvalue weighted by Gasteiger charge is -2.25. The second kappa shape index (κ2) is 7.59. The molecule has 3 aromatic rings. The molecule has 0 saturated carbocycles. The first-order valence-corrected chi connectivity index (χ1v) is 9.63. The van der Waals surface area contributed by atoms with Crippen molar-refractivity contribution in [3.63, 3.8) is 0 Å². The van der Waals surface area contributed by atoms with Crippen molar-refractivity contribution >= 4 is 17.4 Å². The molecular weight excluding hydrogens is 380 g/mol. The van der Waals surface area contributed by atoms with E-state index in [4.69, 9.17) is 0 Å². The molecule has 152 valence electrons. The molecule has 30 heavy (non-hydrogen) atoms. The van der Waals surface area contributed by atoms with Gasteiger partial charge in [-0.15, -0.1) is 0 Å². The van der Waals surface area contributed by atoms with Gasteiger partial charge in [-0.2, -0.15) is 5.10 Å². The fourth-order valence-corrected chi connectivity index (χ4v) is 3.96. The van der Waals surface area contributed by atoms with Gasteiger partial charge in [0.2, 0.25) is 0 Å². The van der Waals surface area contributed by atoms with Gasteiger partial charge >= 0.3 is 0 Å². The molecule has 1 saturated heterocycles. The Morgan fingerprint density at radius 3 is 2.43 bits per heavy atom. The van der Waals surface area contributed by atoms with Crippen LogP contribution in [0.1, 0.15) is 34.1 Å². The normalized spacial score (nSPS) is 18.2. The molecule has 1 aliphatic heterocycles. The van der Waals surface area contributed by atoms with E-state index in [2.05, 4.69) is 10.1 Å². The highest BCUT2D eigenvalue weighted by Crippen LogP contribution is 2.41. The number of likely N-dealkylation sites (tertiary alicyclic amines) is 1. The molecule has 7 heteroatoms. The van der Waals surface area contributed by atoms with Crippen LogP contribution in [0.4, 0.5) is 0 Å². The lowest BCUT2D eigenvalue weighted by Crippen LogP contribution is -2.29. The van der Waals surface area contributed by atoms with Gasteiger partial charge in [-0.1, -0.05) is 36.4 Å². The number of aliphatic hydroxyl groups excluding tert-OH is 1. The molecule has 1 atom stereocenters. The van der Waals surface area contributed by atoms with Crippen molar-refractivity contribution in [2.45, 2.75) is 26.4 Å². The third-order valence-corrected chi connectivity index (χ3v) is 5.48. The summed E-state index contributed by atoms with van der Waals surface area (Å²) in [6.45, 7) is 3.79. The van der Waals surface area contributed by atoms with Gasteiger partial charge in [-0.25, -0.2) is 0 Å². The summed E-state index contributed by atoms with van der Waals surface area (Å²) in [6, 6.07) is 12.2. The topological polar surface area (TPSA) is 88.3 Å². The monoisotopic (exact) mass is 402 g/mol. The maximum absolute atomic E-state index is 13.1. The van der Waals surface area contributed by atoms with Gasteiger partial charge in [-0.3, -0.25) is 19.3 Å². The fourth-order valence-electron chi connectivity index (χ4n) is 3.96. The van der Waals surface area contributed by atoms with Gasteiger partial charge in [0.1, 0.15) is 5.76 Å². The number of carbonyl (C=O) groups excluding carboxylic acids is 2. The molecule has 0 unspecified atom stereocenters. The molecule has 0 radical (unpaired) electrons. The average Bonchev–Trinajstić information content (AvgIpc) is 3.15. The summed E-state index contributed by atoms with van der Waals surface area (Å²) in [7, 11) is 1.77. The zero-order valence-corrected chi connectivity index (χ0v) is 17.0. The number of carbonyl (C=O) groups is 2. The van der Waals surface area contributed by atoms with Crippen LogP contribution in [-0.4, -0.2) is 36.5 Å². The lowest BCUT2D eigenvalue weighted by molar-refractivity contribution is -0.140. The number of ketones is 1. The van der Waals surface area contributed by atoms with E-state index < -0.39 is 17.7 Å². The molecule has 1 aliphatic rings. The number of nitrogens with zero attached hydrogens (tertiary/aromatic N) is 4. The lowest BCUT2D eigenvalue weighted by atomic mass is 9.94. The van der Waals surface area contributed by atoms with Crippen LogP contribution in [0.25, 0.3) is 5.76 Å². The average molecular weight is 402 g/mol. The van der Waals surface area contributed by atoms with Gasteiger partial charge in [0.05, 0.1) is 22.9 Å². The summed E-state index contributed by atoms with van der Waals surface area (Å²) in [5.74, 6) is -1.54. The summed E-state index contributed by atoms with van der Waals surface area (Å²) in [5, 5.41) is 15.5. The molecule has 1 N–H and O–H groups in total. The summed E-state index contributed by atoms with van der Waals surface area (Å²) >= 11 is 0. The second-order valence-electron chi connectivity index (χ2n) is 7.37. The largest absolute Gasteiger partial charge is 0.507 e. The number of Topliss-reactive ketones (excluding diaryl/α,β-unsaturated/α-hetero) is 1. The van der Waals surface area contributed by atoms with Crippen molar-refractivity contribution in [1.29, 1.82) is 0 Å². The zero-order chi connectivity index (χ0) is 21.4. The third kappa shape index (κ3) is 3.18. The first-order valence-electron chi connectivity index (χ1n) is 9.63. The van der Waals surface area contributed by atoms with Crippen LogP contribution in [-0.2, 0) is 23.2 Å². The number of benzene rings is 1. The number of aryl methyl sites for hydroxylation is 2. The van der Waals surface area contributed by atoms with Crippen molar-refractivity contribution in [3.05, 3.63) is 88.5 Å². The standard InChI is InChI=1S/C23H22N4O3/c1-14-18(15(2)26(3)25-14)21(28)19-20(17-9-5-4-6-10-17)27(23(30)22(19)29)13-16-8-7-11-24-12-16/h4-12,20,28H,13H2,1-3H3/b21-19+/t20-/m1/s1. The Morgan fingerprint density at radius 2 is 1.83 bits per heavy atom. The number of rotatable bonds is 4. The van der Waals surface area contributed by atoms with Crippen LogP contribution in [0.15, 0.2) is 60.4 Å². The SMILES string of the molecule is Cc1nn(C)c(C)c1/C(O)=C1\C(=O)C(=O)N(Cc2cccnc2)[C@@H]1c1ccccc1. The minimum absolute atomic E-state index is 0.0780. The molecule has 3 heterocycles. The van der Waals surface area contributed by atoms with Crippen molar-refractivity contribution in [2.75, 3.05) is 0 Å². The van der Waals surface area contributed by atoms with Crippen LogP contribution in [0.3, 0.4) is 0 Å². The van der Waals surface area contributed by atoms with E-state index >= 15 is 0 Å². The van der Waals surface area contributed by atoms with Gasteiger partial charge in [-0.05, 0) is 31.0 Å². The number of pyridine rings is 1. The van der Waals surface area contributed by atoms with Crippen molar-refractivity contribution in [3.8, 4) is 0 Å². The maximum Gasteiger partial charge on any atom is 0.295 e. The highest BCUT2D eigenvalue weighted by molar-refractivity contribution is 6.46. The molecular formula is C23H22N4O3. The van der Waals surface area contributed by atoms with Crippen molar-refractivity contribution in [1.82, 2.24) is 19.7 Å². The predicted molar refractivity (Wildman–Crippen MR) is 111 cm³/mol. The Kier molecular flexibility index (Phi) is 4.95. The first kappa shape index (κ1) is 19.6. The minimum Gasteiger partial charge on any atom is -0.507 e. The maximum atomic E-state index is 13.1. The number of hydrogen-bond donors (Lipinski definition) is 1. The Balaban J connectivity index is 1.90. The molecule has 1 amide bonds. The predicted octanol–water partition coefficient (Wildman–Crippen LogP) is 3.05. The molecule has 4 rings (SSSR count). The third-order valence-electron chi connectivity index (χ3n) is 5.48. The van der Waals surface area contributed by atoms with Crippen molar-refractivity contribution < 1.29 is 14.7 Å². The Labute approximate surface area is 174 Å². The van der Waals surface area contributed by atoms with Crippen LogP contribution in [0.5, 0.6) is 0 Å². The summed E-state index contributed by atoms with van der Waals surface area (Å²) in [6.07, 6.45) is 3.32. The Morgan fingerprint density at radius 1 is 1.10 bits per heavy atom. The molecule has 0 aliphatic carbocycles. The summed E-state index contributed by atoms with van der Waals surface area (Å²) in [4.78, 5) is 31.7. The van der Waals surface area contributed by atoms with E-state index in [0.29, 0.717) is 11.3 Å². The second-order valence-corrected chi connectivity index (χ2v) is 7.37. The van der Waals surface area contributed by atoms with Gasteiger partial charge in [0.15, 0.2) is 0 Å². The molecule has 7 nitrogen and oxygen atoms in total. The smallest absolute Gasteiger partial charge is 0.295 e. The fraction of sp³-hybridized carbons (Fsp3) is 0.217. The highest BCUT2D eigenvalue weighted by Gasteiger charge is 2.46. The van der Waals surface area contributed by atoms with E-state index in [-0.39, 0.29) is 17.9 Å². The molecule has 0 bridgehead atoms. The van der Waals surface area contributed by atoms with Crippen LogP contribution >= 0.6 is 0 Å². The van der Waals surface area contributed by atoms with Crippen molar-refractivity contribution in [2.24, 2.45) is 7.05 Å². The Hall–Kier alpha value is -3.74. The molecule has 2 aromatic heterocycles. The van der Waals surface area contributed by atoms with Crippen LogP contribution in [0, 0.1) is 13.8 Å². The summed E-state index contributed by atoms with van der Waals surface area (Å²) < 4.78 is 1.65. The number of aliphatic hydroxyl groups is 1. The zero-order valence-electron chi connectivity index (χ0n) is 17.0. The van der Waals surface area contributed by atoms with Gasteiger partial charge in [0.25, 0.3) is 11.7 Å². The van der Waals surface area contributed by atoms with Gasteiger partial charge < -0.3 is 10.0 Å².